The highest BCUT2D eigenvalue weighted by Crippen LogP contribution is 2.48. The van der Waals surface area contributed by atoms with Crippen molar-refractivity contribution in [2.24, 2.45) is 11.1 Å². The van der Waals surface area contributed by atoms with Crippen LogP contribution in [0.4, 0.5) is 0 Å². The van der Waals surface area contributed by atoms with Crippen LogP contribution in [0.5, 0.6) is 5.75 Å². The molecule has 1 heterocycles. The molecule has 1 aromatic carbocycles. The Morgan fingerprint density at radius 1 is 1.31 bits per heavy atom. The summed E-state index contributed by atoms with van der Waals surface area (Å²) in [7, 11) is 1.65. The normalized spacial score (nSPS) is 29.5. The second kappa shape index (κ2) is 6.83. The van der Waals surface area contributed by atoms with Gasteiger partial charge in [-0.05, 0) is 30.5 Å². The molecule has 0 spiro atoms. The summed E-state index contributed by atoms with van der Waals surface area (Å²) in [6, 6.07) is 8.02. The van der Waals surface area contributed by atoms with Gasteiger partial charge in [-0.15, -0.1) is 0 Å². The lowest BCUT2D eigenvalue weighted by Gasteiger charge is -2.56. The monoisotopic (exact) mass is 362 g/mol. The number of nitrogens with one attached hydrogen (secondary N) is 1. The van der Waals surface area contributed by atoms with Gasteiger partial charge in [-0.2, -0.15) is 0 Å². The Labute approximate surface area is 155 Å². The van der Waals surface area contributed by atoms with Crippen LogP contribution in [0.2, 0.25) is 0 Å². The second-order valence-corrected chi connectivity index (χ2v) is 8.22. The van der Waals surface area contributed by atoms with Gasteiger partial charge in [0.05, 0.1) is 13.2 Å². The summed E-state index contributed by atoms with van der Waals surface area (Å²) < 4.78 is 10.8. The number of hydrogen-bond donors (Lipinski definition) is 3. The maximum absolute atomic E-state index is 12.8. The summed E-state index contributed by atoms with van der Waals surface area (Å²) in [6.07, 6.45) is 1.42. The fourth-order valence-corrected chi connectivity index (χ4v) is 4.06. The topological polar surface area (TPSA) is 93.8 Å². The lowest BCUT2D eigenvalue weighted by atomic mass is 9.54. The molecule has 3 rings (SSSR count). The summed E-state index contributed by atoms with van der Waals surface area (Å²) in [5, 5.41) is 13.0. The van der Waals surface area contributed by atoms with Crippen molar-refractivity contribution in [1.29, 1.82) is 0 Å². The van der Waals surface area contributed by atoms with E-state index in [2.05, 4.69) is 17.4 Å². The zero-order chi connectivity index (χ0) is 19.0. The number of methoxy groups -OCH3 is 1. The fraction of sp³-hybridized carbons (Fsp3) is 0.650. The van der Waals surface area contributed by atoms with Crippen LogP contribution in [-0.4, -0.2) is 49.5 Å². The Balaban J connectivity index is 1.76. The van der Waals surface area contributed by atoms with Gasteiger partial charge in [-0.25, -0.2) is 0 Å². The van der Waals surface area contributed by atoms with Crippen molar-refractivity contribution in [3.8, 4) is 5.75 Å². The van der Waals surface area contributed by atoms with Crippen molar-refractivity contribution in [1.82, 2.24) is 5.32 Å². The molecule has 1 aliphatic carbocycles. The molecule has 0 bridgehead atoms. The van der Waals surface area contributed by atoms with E-state index >= 15 is 0 Å². The highest BCUT2D eigenvalue weighted by atomic mass is 16.5. The van der Waals surface area contributed by atoms with E-state index in [0.29, 0.717) is 26.2 Å². The third-order valence-corrected chi connectivity index (χ3v) is 6.64. The first kappa shape index (κ1) is 19.1. The number of aliphatic hydroxyl groups excluding tert-OH is 1. The molecule has 2 atom stereocenters. The van der Waals surface area contributed by atoms with Crippen LogP contribution >= 0.6 is 0 Å². The molecule has 0 aromatic heterocycles. The minimum absolute atomic E-state index is 0.178. The van der Waals surface area contributed by atoms with E-state index in [1.807, 2.05) is 26.0 Å². The quantitative estimate of drug-likeness (QED) is 0.735. The number of ether oxygens (including phenoxy) is 2. The minimum Gasteiger partial charge on any atom is -0.497 e. The van der Waals surface area contributed by atoms with E-state index in [4.69, 9.17) is 15.2 Å². The molecule has 2 aliphatic rings. The van der Waals surface area contributed by atoms with E-state index in [0.717, 1.165) is 18.6 Å². The lowest BCUT2D eigenvalue weighted by Crippen LogP contribution is -2.75. The first-order chi connectivity index (χ1) is 12.2. The smallest absolute Gasteiger partial charge is 0.240 e. The highest BCUT2D eigenvalue weighted by Gasteiger charge is 2.62. The van der Waals surface area contributed by atoms with Gasteiger partial charge in [-0.1, -0.05) is 26.0 Å². The molecular weight excluding hydrogens is 332 g/mol. The van der Waals surface area contributed by atoms with E-state index in [9.17, 15) is 9.90 Å². The molecule has 1 aliphatic heterocycles. The number of amides is 1. The highest BCUT2D eigenvalue weighted by molar-refractivity contribution is 5.88. The second-order valence-electron chi connectivity index (χ2n) is 8.22. The summed E-state index contributed by atoms with van der Waals surface area (Å²) >= 11 is 0. The fourth-order valence-electron chi connectivity index (χ4n) is 4.06. The first-order valence-corrected chi connectivity index (χ1v) is 9.23. The van der Waals surface area contributed by atoms with Crippen molar-refractivity contribution in [2.45, 2.75) is 50.2 Å². The third kappa shape index (κ3) is 3.00. The van der Waals surface area contributed by atoms with E-state index < -0.39 is 17.1 Å². The molecule has 6 heteroatoms. The van der Waals surface area contributed by atoms with Gasteiger partial charge in [0.25, 0.3) is 0 Å². The number of benzene rings is 1. The molecule has 6 nitrogen and oxygen atoms in total. The van der Waals surface area contributed by atoms with Crippen LogP contribution in [0, 0.1) is 5.41 Å². The van der Waals surface area contributed by atoms with Crippen molar-refractivity contribution in [3.05, 3.63) is 29.8 Å². The number of aliphatic hydroxyl groups is 1. The molecular formula is C20H30N2O4. The van der Waals surface area contributed by atoms with Gasteiger partial charge >= 0.3 is 0 Å². The van der Waals surface area contributed by atoms with Crippen LogP contribution in [0.15, 0.2) is 24.3 Å². The Morgan fingerprint density at radius 2 is 1.92 bits per heavy atom. The summed E-state index contributed by atoms with van der Waals surface area (Å²) in [4.78, 5) is 12.8. The van der Waals surface area contributed by atoms with Crippen molar-refractivity contribution < 1.29 is 19.4 Å². The Bertz CT molecular complexity index is 652. The van der Waals surface area contributed by atoms with Gasteiger partial charge in [0, 0.05) is 37.0 Å². The van der Waals surface area contributed by atoms with E-state index in [1.165, 1.54) is 5.56 Å². The zero-order valence-electron chi connectivity index (χ0n) is 15.9. The van der Waals surface area contributed by atoms with Gasteiger partial charge < -0.3 is 25.6 Å². The summed E-state index contributed by atoms with van der Waals surface area (Å²) in [6.45, 7) is 5.52. The number of hydrogen-bond acceptors (Lipinski definition) is 5. The largest absolute Gasteiger partial charge is 0.497 e. The average molecular weight is 362 g/mol. The predicted molar refractivity (Wildman–Crippen MR) is 99.1 cm³/mol. The lowest BCUT2D eigenvalue weighted by molar-refractivity contribution is -0.158. The molecule has 2 fully saturated rings. The molecule has 1 amide bonds. The van der Waals surface area contributed by atoms with E-state index in [-0.39, 0.29) is 11.3 Å². The third-order valence-electron chi connectivity index (χ3n) is 6.64. The molecule has 144 valence electrons. The minimum atomic E-state index is -1.03. The van der Waals surface area contributed by atoms with Gasteiger partial charge in [0.15, 0.2) is 0 Å². The van der Waals surface area contributed by atoms with Gasteiger partial charge in [-0.3, -0.25) is 4.79 Å². The van der Waals surface area contributed by atoms with Crippen LogP contribution in [-0.2, 0) is 14.9 Å². The van der Waals surface area contributed by atoms with Gasteiger partial charge in [0.2, 0.25) is 5.91 Å². The molecule has 4 N–H and O–H groups in total. The zero-order valence-corrected chi connectivity index (χ0v) is 15.9. The molecule has 0 unspecified atom stereocenters. The van der Waals surface area contributed by atoms with Crippen LogP contribution in [0.25, 0.3) is 0 Å². The SMILES string of the molecule is COc1ccc(C2(CNC(=O)[C@@]3(N)C[C@H](O)C3(C)C)CCOCC2)cc1. The number of carbonyl (C=O) groups excluding carboxylic acids is 1. The average Bonchev–Trinajstić information content (AvgIpc) is 2.66. The van der Waals surface area contributed by atoms with Crippen molar-refractivity contribution in [2.75, 3.05) is 26.9 Å². The number of carbonyl (C=O) groups is 1. The Kier molecular flexibility index (Phi) is 5.03. The predicted octanol–water partition coefficient (Wildman–Crippen LogP) is 1.35. The number of nitrogens with two attached hydrogens (primary N) is 1. The summed E-state index contributed by atoms with van der Waals surface area (Å²) in [5.74, 6) is 0.623. The number of rotatable bonds is 5. The molecule has 1 saturated heterocycles. The van der Waals surface area contributed by atoms with Crippen LogP contribution < -0.4 is 15.8 Å². The van der Waals surface area contributed by atoms with Crippen molar-refractivity contribution >= 4 is 5.91 Å². The van der Waals surface area contributed by atoms with Crippen LogP contribution in [0.1, 0.15) is 38.7 Å². The van der Waals surface area contributed by atoms with E-state index in [1.54, 1.807) is 7.11 Å². The Hall–Kier alpha value is -1.63. The maximum atomic E-state index is 12.8. The maximum Gasteiger partial charge on any atom is 0.240 e. The first-order valence-electron chi connectivity index (χ1n) is 9.23. The van der Waals surface area contributed by atoms with Crippen molar-refractivity contribution in [3.63, 3.8) is 0 Å². The molecule has 26 heavy (non-hydrogen) atoms. The molecule has 1 aromatic rings. The Morgan fingerprint density at radius 3 is 2.42 bits per heavy atom. The molecule has 0 radical (unpaired) electrons. The molecule has 1 saturated carbocycles. The standard InChI is InChI=1S/C20H30N2O4/c1-18(2)16(23)12-20(18,21)17(24)22-13-19(8-10-26-11-9-19)14-4-6-15(25-3)7-5-14/h4-7,16,23H,8-13,21H2,1-3H3,(H,22,24)/t16-,20-/m0/s1. The van der Waals surface area contributed by atoms with Crippen LogP contribution in [0.3, 0.4) is 0 Å². The van der Waals surface area contributed by atoms with Gasteiger partial charge in [0.1, 0.15) is 11.3 Å². The summed E-state index contributed by atoms with van der Waals surface area (Å²) in [5.41, 5.74) is 5.67.